The van der Waals surface area contributed by atoms with Gasteiger partial charge in [-0.05, 0) is 30.2 Å². The van der Waals surface area contributed by atoms with Crippen molar-refractivity contribution in [3.63, 3.8) is 0 Å². The van der Waals surface area contributed by atoms with E-state index >= 15 is 0 Å². The van der Waals surface area contributed by atoms with Gasteiger partial charge in [0, 0.05) is 12.1 Å². The zero-order valence-electron chi connectivity index (χ0n) is 12.5. The summed E-state index contributed by atoms with van der Waals surface area (Å²) in [5, 5.41) is 2.85. The summed E-state index contributed by atoms with van der Waals surface area (Å²) in [6.07, 6.45) is 0.825. The van der Waals surface area contributed by atoms with Crippen LogP contribution in [0.3, 0.4) is 0 Å². The van der Waals surface area contributed by atoms with Crippen LogP contribution in [0.25, 0.3) is 0 Å². The van der Waals surface area contributed by atoms with Gasteiger partial charge in [-0.15, -0.1) is 0 Å². The Kier molecular flexibility index (Phi) is 4.57. The Labute approximate surface area is 134 Å². The van der Waals surface area contributed by atoms with Gasteiger partial charge in [-0.1, -0.05) is 30.3 Å². The highest BCUT2D eigenvalue weighted by Gasteiger charge is 2.27. The van der Waals surface area contributed by atoms with Crippen LogP contribution in [0.2, 0.25) is 0 Å². The molecular weight excluding hydrogens is 294 g/mol. The third kappa shape index (κ3) is 3.69. The molecule has 23 heavy (non-hydrogen) atoms. The molecule has 0 saturated heterocycles. The highest BCUT2D eigenvalue weighted by atomic mass is 16.6. The van der Waals surface area contributed by atoms with Crippen LogP contribution < -0.4 is 14.8 Å². The van der Waals surface area contributed by atoms with Crippen LogP contribution in [0.5, 0.6) is 11.5 Å². The monoisotopic (exact) mass is 311 g/mol. The van der Waals surface area contributed by atoms with Gasteiger partial charge >= 0.3 is 0 Å². The predicted octanol–water partition coefficient (Wildman–Crippen LogP) is 2.00. The number of nitrogens with one attached hydrogen (secondary N) is 1. The van der Waals surface area contributed by atoms with Crippen molar-refractivity contribution in [2.45, 2.75) is 12.5 Å². The molecule has 5 nitrogen and oxygen atoms in total. The summed E-state index contributed by atoms with van der Waals surface area (Å²) in [4.78, 5) is 22.9. The Balaban J connectivity index is 1.53. The Hall–Kier alpha value is -2.82. The molecule has 0 aromatic heterocycles. The van der Waals surface area contributed by atoms with E-state index in [0.29, 0.717) is 23.6 Å². The molecule has 0 radical (unpaired) electrons. The van der Waals surface area contributed by atoms with Gasteiger partial charge in [0.1, 0.15) is 12.9 Å². The van der Waals surface area contributed by atoms with E-state index < -0.39 is 6.10 Å². The number of benzene rings is 2. The van der Waals surface area contributed by atoms with E-state index in [1.165, 1.54) is 5.56 Å². The fraction of sp³-hybridized carbons (Fsp3) is 0.222. The minimum atomic E-state index is -0.680. The smallest absolute Gasteiger partial charge is 0.264 e. The van der Waals surface area contributed by atoms with Crippen molar-refractivity contribution in [1.82, 2.24) is 5.32 Å². The number of aldehydes is 1. The summed E-state index contributed by atoms with van der Waals surface area (Å²) in [6, 6.07) is 14.8. The third-order valence-electron chi connectivity index (χ3n) is 3.61. The molecule has 0 aliphatic carbocycles. The lowest BCUT2D eigenvalue weighted by Gasteiger charge is -2.25. The Morgan fingerprint density at radius 3 is 2.78 bits per heavy atom. The van der Waals surface area contributed by atoms with E-state index in [9.17, 15) is 9.59 Å². The Morgan fingerprint density at radius 1 is 1.17 bits per heavy atom. The number of carbonyl (C=O) groups excluding carboxylic acids is 2. The molecule has 0 unspecified atom stereocenters. The highest BCUT2D eigenvalue weighted by Crippen LogP contribution is 2.32. The average Bonchev–Trinajstić information content (AvgIpc) is 2.61. The number of hydrogen-bond acceptors (Lipinski definition) is 4. The molecule has 0 saturated carbocycles. The lowest BCUT2D eigenvalue weighted by Crippen LogP contribution is -2.44. The van der Waals surface area contributed by atoms with Crippen LogP contribution in [0, 0.1) is 0 Å². The van der Waals surface area contributed by atoms with Crippen molar-refractivity contribution in [3.8, 4) is 11.5 Å². The first-order chi connectivity index (χ1) is 11.3. The second kappa shape index (κ2) is 6.96. The van der Waals surface area contributed by atoms with Gasteiger partial charge in [-0.25, -0.2) is 0 Å². The lowest BCUT2D eigenvalue weighted by atomic mass is 10.1. The maximum Gasteiger partial charge on any atom is 0.264 e. The van der Waals surface area contributed by atoms with Gasteiger partial charge in [0.25, 0.3) is 5.91 Å². The van der Waals surface area contributed by atoms with Crippen molar-refractivity contribution < 1.29 is 19.1 Å². The molecular formula is C18H17NO4. The summed E-state index contributed by atoms with van der Waals surface area (Å²) >= 11 is 0. The second-order valence-corrected chi connectivity index (χ2v) is 5.27. The van der Waals surface area contributed by atoms with Crippen LogP contribution in [0.1, 0.15) is 15.9 Å². The average molecular weight is 311 g/mol. The summed E-state index contributed by atoms with van der Waals surface area (Å²) in [7, 11) is 0. The maximum absolute atomic E-state index is 12.1. The third-order valence-corrected chi connectivity index (χ3v) is 3.61. The first-order valence-electron chi connectivity index (χ1n) is 7.46. The zero-order valence-corrected chi connectivity index (χ0v) is 12.5. The molecule has 1 atom stereocenters. The van der Waals surface area contributed by atoms with Gasteiger partial charge in [-0.2, -0.15) is 0 Å². The van der Waals surface area contributed by atoms with Crippen LogP contribution in [-0.4, -0.2) is 31.4 Å². The molecule has 1 N–H and O–H groups in total. The fourth-order valence-electron chi connectivity index (χ4n) is 2.38. The van der Waals surface area contributed by atoms with E-state index in [0.717, 1.165) is 12.7 Å². The Morgan fingerprint density at radius 2 is 2.00 bits per heavy atom. The van der Waals surface area contributed by atoms with Crippen molar-refractivity contribution in [2.75, 3.05) is 13.2 Å². The van der Waals surface area contributed by atoms with Gasteiger partial charge in [0.05, 0.1) is 0 Å². The number of amides is 1. The number of ether oxygens (including phenoxy) is 2. The molecule has 1 aliphatic rings. The molecule has 1 heterocycles. The quantitative estimate of drug-likeness (QED) is 0.858. The van der Waals surface area contributed by atoms with E-state index in [1.807, 2.05) is 30.3 Å². The first-order valence-corrected chi connectivity index (χ1v) is 7.46. The maximum atomic E-state index is 12.1. The topological polar surface area (TPSA) is 64.6 Å². The lowest BCUT2D eigenvalue weighted by molar-refractivity contribution is -0.130. The van der Waals surface area contributed by atoms with Crippen molar-refractivity contribution in [1.29, 1.82) is 0 Å². The molecule has 1 aliphatic heterocycles. The predicted molar refractivity (Wildman–Crippen MR) is 84.9 cm³/mol. The SMILES string of the molecule is O=Cc1ccc2c(c1)OC[C@@H](C(=O)NCCc1ccccc1)O2. The van der Waals surface area contributed by atoms with Gasteiger partial charge in [0.2, 0.25) is 6.10 Å². The molecule has 0 bridgehead atoms. The van der Waals surface area contributed by atoms with E-state index in [-0.39, 0.29) is 12.5 Å². The van der Waals surface area contributed by atoms with E-state index in [2.05, 4.69) is 5.32 Å². The molecule has 1 amide bonds. The molecule has 0 fully saturated rings. The normalized spacial score (nSPS) is 15.7. The molecule has 118 valence electrons. The molecule has 5 heteroatoms. The van der Waals surface area contributed by atoms with Crippen molar-refractivity contribution in [3.05, 3.63) is 59.7 Å². The van der Waals surface area contributed by atoms with Crippen LogP contribution in [0.4, 0.5) is 0 Å². The number of fused-ring (bicyclic) bond motifs is 1. The van der Waals surface area contributed by atoms with Gasteiger partial charge in [-0.3, -0.25) is 9.59 Å². The van der Waals surface area contributed by atoms with Crippen LogP contribution in [0.15, 0.2) is 48.5 Å². The van der Waals surface area contributed by atoms with Crippen LogP contribution >= 0.6 is 0 Å². The molecule has 3 rings (SSSR count). The largest absolute Gasteiger partial charge is 0.485 e. The fourth-order valence-corrected chi connectivity index (χ4v) is 2.38. The standard InChI is InChI=1S/C18H17NO4/c20-11-14-6-7-15-16(10-14)22-12-17(23-15)18(21)19-9-8-13-4-2-1-3-5-13/h1-7,10-11,17H,8-9,12H2,(H,19,21)/t17-/m0/s1. The first kappa shape index (κ1) is 15.1. The molecule has 2 aromatic carbocycles. The zero-order chi connectivity index (χ0) is 16.1. The van der Waals surface area contributed by atoms with Gasteiger partial charge < -0.3 is 14.8 Å². The number of hydrogen-bond donors (Lipinski definition) is 1. The van der Waals surface area contributed by atoms with Crippen molar-refractivity contribution in [2.24, 2.45) is 0 Å². The van der Waals surface area contributed by atoms with Gasteiger partial charge in [0.15, 0.2) is 11.5 Å². The summed E-state index contributed by atoms with van der Waals surface area (Å²) < 4.78 is 11.2. The second-order valence-electron chi connectivity index (χ2n) is 5.27. The molecule has 0 spiro atoms. The number of carbonyl (C=O) groups is 2. The van der Waals surface area contributed by atoms with Crippen LogP contribution in [-0.2, 0) is 11.2 Å². The minimum absolute atomic E-state index is 0.131. The highest BCUT2D eigenvalue weighted by molar-refractivity contribution is 5.82. The summed E-state index contributed by atoms with van der Waals surface area (Å²) in [5.41, 5.74) is 1.68. The van der Waals surface area contributed by atoms with Crippen molar-refractivity contribution >= 4 is 12.2 Å². The Bertz CT molecular complexity index is 699. The van der Waals surface area contributed by atoms with E-state index in [1.54, 1.807) is 18.2 Å². The van der Waals surface area contributed by atoms with E-state index in [4.69, 9.17) is 9.47 Å². The summed E-state index contributed by atoms with van der Waals surface area (Å²) in [6.45, 7) is 0.673. The minimum Gasteiger partial charge on any atom is -0.485 e. The molecule has 2 aromatic rings. The number of rotatable bonds is 5. The summed E-state index contributed by atoms with van der Waals surface area (Å²) in [5.74, 6) is 0.763.